The zero-order valence-corrected chi connectivity index (χ0v) is 17.8. The van der Waals surface area contributed by atoms with E-state index in [-0.39, 0.29) is 0 Å². The molecule has 4 aromatic rings. The minimum absolute atomic E-state index is 0.753. The van der Waals surface area contributed by atoms with Crippen molar-refractivity contribution in [2.45, 2.75) is 20.8 Å². The molecule has 30 heavy (non-hydrogen) atoms. The molecule has 0 spiro atoms. The maximum absolute atomic E-state index is 4.75. The van der Waals surface area contributed by atoms with Gasteiger partial charge in [-0.3, -0.25) is 5.43 Å². The highest BCUT2D eigenvalue weighted by atomic mass is 15.3. The number of nitrogens with one attached hydrogen (secondary N) is 1. The van der Waals surface area contributed by atoms with E-state index in [1.54, 1.807) is 0 Å². The highest BCUT2D eigenvalue weighted by Gasteiger charge is 2.06. The number of rotatable bonds is 5. The third-order valence-electron chi connectivity index (χ3n) is 5.27. The highest BCUT2D eigenvalue weighted by molar-refractivity contribution is 5.87. The average Bonchev–Trinajstić information content (AvgIpc) is 2.75. The molecule has 0 aliphatic carbocycles. The maximum atomic E-state index is 4.75. The lowest BCUT2D eigenvalue weighted by Gasteiger charge is -2.19. The summed E-state index contributed by atoms with van der Waals surface area (Å²) in [7, 11) is 2.07. The molecule has 3 aromatic carbocycles. The van der Waals surface area contributed by atoms with Crippen molar-refractivity contribution < 1.29 is 0 Å². The van der Waals surface area contributed by atoms with Gasteiger partial charge < -0.3 is 4.90 Å². The van der Waals surface area contributed by atoms with Crippen molar-refractivity contribution in [1.82, 2.24) is 4.98 Å². The van der Waals surface area contributed by atoms with Crippen LogP contribution in [0, 0.1) is 20.8 Å². The van der Waals surface area contributed by atoms with Crippen LogP contribution in [0.4, 0.5) is 17.2 Å². The van der Waals surface area contributed by atoms with Gasteiger partial charge in [-0.15, -0.1) is 0 Å². The van der Waals surface area contributed by atoms with Gasteiger partial charge in [0.15, 0.2) is 0 Å². The third kappa shape index (κ3) is 4.18. The number of aryl methyl sites for hydroxylation is 3. The number of fused-ring (bicyclic) bond motifs is 1. The first-order valence-corrected chi connectivity index (χ1v) is 10.1. The predicted molar refractivity (Wildman–Crippen MR) is 128 cm³/mol. The fourth-order valence-electron chi connectivity index (χ4n) is 3.66. The van der Waals surface area contributed by atoms with Gasteiger partial charge in [-0.2, -0.15) is 5.10 Å². The van der Waals surface area contributed by atoms with E-state index in [2.05, 4.69) is 91.8 Å². The lowest BCUT2D eigenvalue weighted by molar-refractivity contribution is 1.21. The van der Waals surface area contributed by atoms with E-state index in [9.17, 15) is 0 Å². The summed E-state index contributed by atoms with van der Waals surface area (Å²) < 4.78 is 0. The van der Waals surface area contributed by atoms with Crippen LogP contribution in [-0.2, 0) is 0 Å². The van der Waals surface area contributed by atoms with E-state index < -0.39 is 0 Å². The van der Waals surface area contributed by atoms with Gasteiger partial charge in [0.1, 0.15) is 5.82 Å². The Morgan fingerprint density at radius 2 is 1.53 bits per heavy atom. The van der Waals surface area contributed by atoms with Crippen LogP contribution in [-0.4, -0.2) is 18.2 Å². The van der Waals surface area contributed by atoms with Gasteiger partial charge >= 0.3 is 0 Å². The number of nitrogens with zero attached hydrogens (tertiary/aromatic N) is 3. The quantitative estimate of drug-likeness (QED) is 0.316. The van der Waals surface area contributed by atoms with Gasteiger partial charge in [-0.05, 0) is 73.9 Å². The number of pyridine rings is 1. The Kier molecular flexibility index (Phi) is 5.48. The molecular weight excluding hydrogens is 368 g/mol. The zero-order chi connectivity index (χ0) is 21.1. The van der Waals surface area contributed by atoms with Crippen molar-refractivity contribution in [3.63, 3.8) is 0 Å². The van der Waals surface area contributed by atoms with Crippen molar-refractivity contribution in [2.24, 2.45) is 5.10 Å². The topological polar surface area (TPSA) is 40.5 Å². The van der Waals surface area contributed by atoms with Crippen LogP contribution in [0.5, 0.6) is 0 Å². The van der Waals surface area contributed by atoms with Crippen LogP contribution in [0.25, 0.3) is 10.9 Å². The number of hydrogen-bond donors (Lipinski definition) is 1. The van der Waals surface area contributed by atoms with Gasteiger partial charge in [0, 0.05) is 23.8 Å². The van der Waals surface area contributed by atoms with Crippen LogP contribution in [0.1, 0.15) is 22.3 Å². The molecule has 4 rings (SSSR count). The van der Waals surface area contributed by atoms with Gasteiger partial charge in [0.05, 0.1) is 11.7 Å². The highest BCUT2D eigenvalue weighted by Crippen LogP contribution is 2.25. The van der Waals surface area contributed by atoms with Crippen molar-refractivity contribution in [3.05, 3.63) is 95.1 Å². The summed E-state index contributed by atoms with van der Waals surface area (Å²) in [5.41, 5.74) is 11.0. The first-order chi connectivity index (χ1) is 14.5. The molecule has 0 atom stereocenters. The van der Waals surface area contributed by atoms with E-state index in [0.29, 0.717) is 0 Å². The van der Waals surface area contributed by atoms with Gasteiger partial charge in [0.25, 0.3) is 0 Å². The summed E-state index contributed by atoms with van der Waals surface area (Å²) >= 11 is 0. The smallest absolute Gasteiger partial charge is 0.147 e. The van der Waals surface area contributed by atoms with E-state index in [1.165, 1.54) is 22.1 Å². The Balaban J connectivity index is 1.48. The lowest BCUT2D eigenvalue weighted by atomic mass is 10.0. The fourth-order valence-corrected chi connectivity index (χ4v) is 3.66. The van der Waals surface area contributed by atoms with E-state index >= 15 is 0 Å². The minimum Gasteiger partial charge on any atom is -0.345 e. The SMILES string of the molecule is Cc1cc(C)c2nc(NN=Cc3ccc(N(C)c4ccccc4)cc3)cc(C)c2c1. The molecule has 1 N–H and O–H groups in total. The molecule has 0 unspecified atom stereocenters. The Morgan fingerprint density at radius 3 is 2.27 bits per heavy atom. The van der Waals surface area contributed by atoms with Gasteiger partial charge in [-0.25, -0.2) is 4.98 Å². The molecule has 0 aliphatic heterocycles. The van der Waals surface area contributed by atoms with Crippen molar-refractivity contribution >= 4 is 34.3 Å². The molecule has 1 heterocycles. The van der Waals surface area contributed by atoms with Crippen molar-refractivity contribution in [3.8, 4) is 0 Å². The van der Waals surface area contributed by atoms with Gasteiger partial charge in [-0.1, -0.05) is 42.0 Å². The molecule has 0 saturated carbocycles. The maximum Gasteiger partial charge on any atom is 0.147 e. The predicted octanol–water partition coefficient (Wildman–Crippen LogP) is 6.37. The van der Waals surface area contributed by atoms with Crippen LogP contribution < -0.4 is 10.3 Å². The molecular formula is C26H26N4. The summed E-state index contributed by atoms with van der Waals surface area (Å²) in [6.07, 6.45) is 1.81. The molecule has 0 bridgehead atoms. The number of hydrazone groups is 1. The third-order valence-corrected chi connectivity index (χ3v) is 5.27. The Bertz CT molecular complexity index is 1200. The number of anilines is 3. The molecule has 4 heteroatoms. The fraction of sp³-hybridized carbons (Fsp3) is 0.154. The molecule has 4 nitrogen and oxygen atoms in total. The van der Waals surface area contributed by atoms with Crippen LogP contribution >= 0.6 is 0 Å². The summed E-state index contributed by atoms with van der Waals surface area (Å²) in [5.74, 6) is 0.753. The number of aromatic nitrogens is 1. The van der Waals surface area contributed by atoms with E-state index in [0.717, 1.165) is 28.3 Å². The van der Waals surface area contributed by atoms with Crippen molar-refractivity contribution in [2.75, 3.05) is 17.4 Å². The Labute approximate surface area is 177 Å². The molecule has 150 valence electrons. The first kappa shape index (κ1) is 19.6. The molecule has 0 radical (unpaired) electrons. The number of para-hydroxylation sites is 1. The Hall–Kier alpha value is -3.66. The second-order valence-electron chi connectivity index (χ2n) is 7.66. The standard InChI is InChI=1S/C26H26N4/c1-18-14-20(3)26-24(15-18)19(2)16-25(28-26)29-27-17-21-10-12-23(13-11-21)30(4)22-8-6-5-7-9-22/h5-17H,1-4H3,(H,28,29). The minimum atomic E-state index is 0.753. The largest absolute Gasteiger partial charge is 0.345 e. The Morgan fingerprint density at radius 1 is 0.833 bits per heavy atom. The first-order valence-electron chi connectivity index (χ1n) is 10.1. The zero-order valence-electron chi connectivity index (χ0n) is 17.8. The van der Waals surface area contributed by atoms with Crippen LogP contribution in [0.3, 0.4) is 0 Å². The summed E-state index contributed by atoms with van der Waals surface area (Å²) in [4.78, 5) is 6.90. The molecule has 0 fully saturated rings. The van der Waals surface area contributed by atoms with Crippen molar-refractivity contribution in [1.29, 1.82) is 0 Å². The molecule has 0 saturated heterocycles. The van der Waals surface area contributed by atoms with E-state index in [4.69, 9.17) is 4.98 Å². The summed E-state index contributed by atoms with van der Waals surface area (Å²) in [6.45, 7) is 6.33. The number of hydrogen-bond acceptors (Lipinski definition) is 4. The monoisotopic (exact) mass is 394 g/mol. The van der Waals surface area contributed by atoms with E-state index in [1.807, 2.05) is 30.5 Å². The number of benzene rings is 3. The summed E-state index contributed by atoms with van der Waals surface area (Å²) in [5, 5.41) is 5.58. The average molecular weight is 395 g/mol. The second kappa shape index (κ2) is 8.37. The lowest BCUT2D eigenvalue weighted by Crippen LogP contribution is -2.08. The van der Waals surface area contributed by atoms with Crippen LogP contribution in [0.15, 0.2) is 77.9 Å². The molecule has 0 amide bonds. The molecule has 1 aromatic heterocycles. The summed E-state index contributed by atoms with van der Waals surface area (Å²) in [6, 6.07) is 25.0. The second-order valence-corrected chi connectivity index (χ2v) is 7.66. The van der Waals surface area contributed by atoms with Crippen LogP contribution in [0.2, 0.25) is 0 Å². The van der Waals surface area contributed by atoms with Gasteiger partial charge in [0.2, 0.25) is 0 Å². The normalized spacial score (nSPS) is 11.2. The molecule has 0 aliphatic rings.